The largest absolute Gasteiger partial charge is 0.373 e. The van der Waals surface area contributed by atoms with E-state index in [9.17, 15) is 4.39 Å². The summed E-state index contributed by atoms with van der Waals surface area (Å²) in [6, 6.07) is 17.2. The number of aryl methyl sites for hydroxylation is 1. The van der Waals surface area contributed by atoms with Gasteiger partial charge in [-0.15, -0.1) is 0 Å². The maximum absolute atomic E-state index is 13.7. The molecule has 0 N–H and O–H groups in total. The van der Waals surface area contributed by atoms with Crippen molar-refractivity contribution in [3.63, 3.8) is 0 Å². The monoisotopic (exact) mass is 384 g/mol. The van der Waals surface area contributed by atoms with Crippen LogP contribution in [0.5, 0.6) is 0 Å². The molecule has 2 rings (SSSR count). The molecule has 0 aromatic heterocycles. The van der Waals surface area contributed by atoms with Gasteiger partial charge in [0.25, 0.3) is 0 Å². The van der Waals surface area contributed by atoms with Crippen molar-refractivity contribution in [3.05, 3.63) is 71.5 Å². The Bertz CT molecular complexity index is 515. The first-order valence-electron chi connectivity index (χ1n) is 6.77. The predicted molar refractivity (Wildman–Crippen MR) is 88.7 cm³/mol. The highest BCUT2D eigenvalue weighted by molar-refractivity contribution is 14.1. The van der Waals surface area contributed by atoms with Gasteiger partial charge in [0.1, 0.15) is 5.82 Å². The lowest BCUT2D eigenvalue weighted by Crippen LogP contribution is -2.09. The summed E-state index contributed by atoms with van der Waals surface area (Å²) in [7, 11) is 0. The van der Waals surface area contributed by atoms with Crippen LogP contribution in [0.15, 0.2) is 54.6 Å². The number of hydrogen-bond acceptors (Lipinski definition) is 1. The summed E-state index contributed by atoms with van der Waals surface area (Å²) in [5, 5.41) is 0. The van der Waals surface area contributed by atoms with Crippen molar-refractivity contribution in [2.75, 3.05) is 11.0 Å². The molecular formula is C17H18FIO. The molecule has 0 heterocycles. The van der Waals surface area contributed by atoms with E-state index in [2.05, 4.69) is 34.7 Å². The van der Waals surface area contributed by atoms with Gasteiger partial charge in [-0.2, -0.15) is 0 Å². The van der Waals surface area contributed by atoms with Crippen LogP contribution in [0.3, 0.4) is 0 Å². The molecule has 2 aromatic rings. The van der Waals surface area contributed by atoms with Crippen molar-refractivity contribution in [3.8, 4) is 0 Å². The zero-order chi connectivity index (χ0) is 14.2. The second-order valence-corrected chi connectivity index (χ2v) is 5.51. The highest BCUT2D eigenvalue weighted by Crippen LogP contribution is 2.23. The lowest BCUT2D eigenvalue weighted by molar-refractivity contribution is 0.0669. The Kier molecular flexibility index (Phi) is 6.47. The summed E-state index contributed by atoms with van der Waals surface area (Å²) >= 11 is 2.24. The molecule has 0 saturated heterocycles. The van der Waals surface area contributed by atoms with Crippen LogP contribution in [0.25, 0.3) is 0 Å². The molecule has 20 heavy (non-hydrogen) atoms. The third kappa shape index (κ3) is 4.56. The van der Waals surface area contributed by atoms with Gasteiger partial charge in [-0.25, -0.2) is 4.39 Å². The zero-order valence-corrected chi connectivity index (χ0v) is 13.4. The van der Waals surface area contributed by atoms with E-state index < -0.39 is 0 Å². The lowest BCUT2D eigenvalue weighted by atomic mass is 10.1. The molecule has 106 valence electrons. The van der Waals surface area contributed by atoms with Gasteiger partial charge >= 0.3 is 0 Å². The van der Waals surface area contributed by atoms with Gasteiger partial charge in [0.2, 0.25) is 0 Å². The molecule has 1 atom stereocenters. The van der Waals surface area contributed by atoms with E-state index >= 15 is 0 Å². The molecule has 0 spiro atoms. The smallest absolute Gasteiger partial charge is 0.129 e. The molecule has 1 unspecified atom stereocenters. The quantitative estimate of drug-likeness (QED) is 0.373. The van der Waals surface area contributed by atoms with Gasteiger partial charge in [-0.05, 0) is 24.5 Å². The molecule has 0 saturated carbocycles. The lowest BCUT2D eigenvalue weighted by Gasteiger charge is -2.16. The van der Waals surface area contributed by atoms with Crippen LogP contribution in [-0.2, 0) is 11.2 Å². The second kappa shape index (κ2) is 8.37. The minimum Gasteiger partial charge on any atom is -0.373 e. The molecule has 0 aliphatic carbocycles. The molecule has 0 radical (unpaired) electrons. The third-order valence-electron chi connectivity index (χ3n) is 3.16. The maximum Gasteiger partial charge on any atom is 0.129 e. The summed E-state index contributed by atoms with van der Waals surface area (Å²) in [6.45, 7) is 0.650. The number of halogens is 2. The first kappa shape index (κ1) is 15.4. The molecule has 0 aliphatic heterocycles. The Morgan fingerprint density at radius 2 is 1.70 bits per heavy atom. The topological polar surface area (TPSA) is 9.23 Å². The molecule has 0 aliphatic rings. The average molecular weight is 384 g/mol. The average Bonchev–Trinajstić information content (AvgIpc) is 2.50. The van der Waals surface area contributed by atoms with Gasteiger partial charge in [-0.1, -0.05) is 71.1 Å². The summed E-state index contributed by atoms with van der Waals surface area (Å²) in [4.78, 5) is 0. The third-order valence-corrected chi connectivity index (χ3v) is 3.96. The maximum atomic E-state index is 13.7. The molecule has 2 aromatic carbocycles. The molecular weight excluding hydrogens is 366 g/mol. The van der Waals surface area contributed by atoms with Crippen molar-refractivity contribution >= 4 is 22.6 Å². The molecule has 0 amide bonds. The van der Waals surface area contributed by atoms with Crippen LogP contribution in [0.2, 0.25) is 0 Å². The summed E-state index contributed by atoms with van der Waals surface area (Å²) in [5.41, 5.74) is 1.97. The molecule has 0 fully saturated rings. The van der Waals surface area contributed by atoms with E-state index in [1.165, 1.54) is 11.6 Å². The van der Waals surface area contributed by atoms with Gasteiger partial charge in [0.15, 0.2) is 0 Å². The van der Waals surface area contributed by atoms with Crippen LogP contribution < -0.4 is 0 Å². The fourth-order valence-corrected chi connectivity index (χ4v) is 2.83. The standard InChI is InChI=1S/C17H18FIO/c18-16-11-5-4-10-15(16)17(13-19)20-12-6-9-14-7-2-1-3-8-14/h1-5,7-8,10-11,17H,6,9,12-13H2. The Labute approximate surface area is 133 Å². The van der Waals surface area contributed by atoms with Crippen molar-refractivity contribution in [1.29, 1.82) is 0 Å². The van der Waals surface area contributed by atoms with E-state index in [4.69, 9.17) is 4.74 Å². The zero-order valence-electron chi connectivity index (χ0n) is 11.3. The van der Waals surface area contributed by atoms with Crippen molar-refractivity contribution in [2.45, 2.75) is 18.9 Å². The molecule has 3 heteroatoms. The van der Waals surface area contributed by atoms with E-state index in [1.54, 1.807) is 12.1 Å². The van der Waals surface area contributed by atoms with Gasteiger partial charge in [-0.3, -0.25) is 0 Å². The molecule has 0 bridgehead atoms. The van der Waals surface area contributed by atoms with Crippen LogP contribution in [0.1, 0.15) is 23.7 Å². The molecule has 1 nitrogen and oxygen atoms in total. The van der Waals surface area contributed by atoms with Gasteiger partial charge in [0.05, 0.1) is 6.10 Å². The van der Waals surface area contributed by atoms with Gasteiger partial charge in [0, 0.05) is 16.6 Å². The Morgan fingerprint density at radius 1 is 1.00 bits per heavy atom. The minimum absolute atomic E-state index is 0.160. The summed E-state index contributed by atoms with van der Waals surface area (Å²) in [6.07, 6.45) is 1.78. The van der Waals surface area contributed by atoms with Gasteiger partial charge < -0.3 is 4.74 Å². The predicted octanol–water partition coefficient (Wildman–Crippen LogP) is 4.95. The summed E-state index contributed by atoms with van der Waals surface area (Å²) in [5.74, 6) is -0.183. The fourth-order valence-electron chi connectivity index (χ4n) is 2.10. The Hall–Kier alpha value is -0.940. The van der Waals surface area contributed by atoms with Crippen LogP contribution >= 0.6 is 22.6 Å². The van der Waals surface area contributed by atoms with Crippen molar-refractivity contribution in [2.24, 2.45) is 0 Å². The van der Waals surface area contributed by atoms with Crippen LogP contribution in [-0.4, -0.2) is 11.0 Å². The van der Waals surface area contributed by atoms with Crippen LogP contribution in [0, 0.1) is 5.82 Å². The Balaban J connectivity index is 1.81. The first-order valence-corrected chi connectivity index (χ1v) is 8.29. The fraction of sp³-hybridized carbons (Fsp3) is 0.294. The van der Waals surface area contributed by atoms with Crippen LogP contribution in [0.4, 0.5) is 4.39 Å². The van der Waals surface area contributed by atoms with E-state index in [0.717, 1.165) is 17.3 Å². The first-order chi connectivity index (χ1) is 9.81. The number of rotatable bonds is 7. The second-order valence-electron chi connectivity index (χ2n) is 4.62. The Morgan fingerprint density at radius 3 is 2.40 bits per heavy atom. The number of alkyl halides is 1. The highest BCUT2D eigenvalue weighted by Gasteiger charge is 2.14. The van der Waals surface area contributed by atoms with Crippen molar-refractivity contribution < 1.29 is 9.13 Å². The number of hydrogen-bond donors (Lipinski definition) is 0. The van der Waals surface area contributed by atoms with E-state index in [1.807, 2.05) is 24.3 Å². The highest BCUT2D eigenvalue weighted by atomic mass is 127. The minimum atomic E-state index is -0.183. The summed E-state index contributed by atoms with van der Waals surface area (Å²) < 4.78 is 20.3. The number of ether oxygens (including phenoxy) is 1. The van der Waals surface area contributed by atoms with Crippen molar-refractivity contribution in [1.82, 2.24) is 0 Å². The SMILES string of the molecule is Fc1ccccc1C(CI)OCCCc1ccccc1. The van der Waals surface area contributed by atoms with E-state index in [-0.39, 0.29) is 11.9 Å². The van der Waals surface area contributed by atoms with E-state index in [0.29, 0.717) is 12.2 Å². The normalized spacial score (nSPS) is 12.3. The number of benzene rings is 2.